The zero-order valence-electron chi connectivity index (χ0n) is 10.3. The third-order valence-corrected chi connectivity index (χ3v) is 2.36. The molecule has 96 valence electrons. The summed E-state index contributed by atoms with van der Waals surface area (Å²) in [5, 5.41) is 13.9. The van der Waals surface area contributed by atoms with E-state index in [1.165, 1.54) is 0 Å². The highest BCUT2D eigenvalue weighted by molar-refractivity contribution is 5.74. The van der Waals surface area contributed by atoms with Gasteiger partial charge in [0.15, 0.2) is 0 Å². The quantitative estimate of drug-likeness (QED) is 0.588. The number of aliphatic carboxylic acids is 1. The van der Waals surface area contributed by atoms with Crippen molar-refractivity contribution in [3.63, 3.8) is 0 Å². The lowest BCUT2D eigenvalue weighted by atomic mass is 10.1. The first-order valence-electron chi connectivity index (χ1n) is 5.71. The largest absolute Gasteiger partial charge is 0.481 e. The minimum atomic E-state index is -0.863. The summed E-state index contributed by atoms with van der Waals surface area (Å²) in [7, 11) is 0. The van der Waals surface area contributed by atoms with Gasteiger partial charge in [0.2, 0.25) is 0 Å². The van der Waals surface area contributed by atoms with Crippen LogP contribution >= 0.6 is 0 Å². The molecule has 0 radical (unpaired) electrons. The number of urea groups is 1. The van der Waals surface area contributed by atoms with E-state index in [9.17, 15) is 9.59 Å². The molecule has 2 unspecified atom stereocenters. The van der Waals surface area contributed by atoms with Crippen molar-refractivity contribution in [2.45, 2.75) is 51.6 Å². The Kier molecular flexibility index (Phi) is 7.61. The van der Waals surface area contributed by atoms with Gasteiger partial charge in [-0.25, -0.2) is 4.79 Å². The molecule has 2 atom stereocenters. The molecule has 5 heteroatoms. The second-order valence-corrected chi connectivity index (χ2v) is 3.96. The Morgan fingerprint density at radius 3 is 2.53 bits per heavy atom. The molecule has 0 fully saturated rings. The first-order valence-corrected chi connectivity index (χ1v) is 5.71. The first kappa shape index (κ1) is 15.3. The third-order valence-electron chi connectivity index (χ3n) is 2.36. The molecule has 3 N–H and O–H groups in total. The van der Waals surface area contributed by atoms with Crippen molar-refractivity contribution in [1.29, 1.82) is 0 Å². The van der Waals surface area contributed by atoms with Gasteiger partial charge in [-0.15, -0.1) is 12.3 Å². The fraction of sp³-hybridized carbons (Fsp3) is 0.667. The van der Waals surface area contributed by atoms with Crippen molar-refractivity contribution < 1.29 is 14.7 Å². The minimum Gasteiger partial charge on any atom is -0.481 e. The highest BCUT2D eigenvalue weighted by Gasteiger charge is 2.12. The molecule has 0 bridgehead atoms. The summed E-state index contributed by atoms with van der Waals surface area (Å²) >= 11 is 0. The standard InChI is InChI=1S/C12H20N2O3/c1-4-6-10(5-2)14-12(17)13-9(3)7-8-11(15)16/h1,9-10H,5-8H2,2-3H3,(H,15,16)(H2,13,14,17). The Labute approximate surface area is 102 Å². The van der Waals surface area contributed by atoms with Gasteiger partial charge in [0.05, 0.1) is 0 Å². The number of carbonyl (C=O) groups is 2. The van der Waals surface area contributed by atoms with Crippen molar-refractivity contribution >= 4 is 12.0 Å². The molecule has 0 aromatic carbocycles. The van der Waals surface area contributed by atoms with Gasteiger partial charge in [0.25, 0.3) is 0 Å². The molecule has 0 aromatic heterocycles. The number of nitrogens with one attached hydrogen (secondary N) is 2. The third kappa shape index (κ3) is 8.14. The monoisotopic (exact) mass is 240 g/mol. The summed E-state index contributed by atoms with van der Waals surface area (Å²) in [6.07, 6.45) is 6.89. The number of amides is 2. The van der Waals surface area contributed by atoms with Gasteiger partial charge >= 0.3 is 12.0 Å². The number of carbonyl (C=O) groups excluding carboxylic acids is 1. The molecule has 5 nitrogen and oxygen atoms in total. The van der Waals surface area contributed by atoms with Crippen LogP contribution in [0, 0.1) is 12.3 Å². The molecule has 0 aliphatic heterocycles. The molecule has 0 saturated carbocycles. The van der Waals surface area contributed by atoms with Crippen molar-refractivity contribution in [3.05, 3.63) is 0 Å². The lowest BCUT2D eigenvalue weighted by Gasteiger charge is -2.18. The Morgan fingerprint density at radius 2 is 2.06 bits per heavy atom. The van der Waals surface area contributed by atoms with Gasteiger partial charge < -0.3 is 15.7 Å². The SMILES string of the molecule is C#CCC(CC)NC(=O)NC(C)CCC(=O)O. The highest BCUT2D eigenvalue weighted by atomic mass is 16.4. The average Bonchev–Trinajstić information content (AvgIpc) is 2.25. The Bertz CT molecular complexity index is 297. The maximum absolute atomic E-state index is 11.5. The number of hydrogen-bond donors (Lipinski definition) is 3. The zero-order valence-corrected chi connectivity index (χ0v) is 10.3. The molecule has 0 rings (SSSR count). The van der Waals surface area contributed by atoms with Crippen LogP contribution in [0.5, 0.6) is 0 Å². The van der Waals surface area contributed by atoms with Crippen LogP contribution in [0.2, 0.25) is 0 Å². The van der Waals surface area contributed by atoms with Gasteiger partial charge in [0, 0.05) is 24.9 Å². The van der Waals surface area contributed by atoms with E-state index in [0.717, 1.165) is 6.42 Å². The molecule has 0 aromatic rings. The maximum Gasteiger partial charge on any atom is 0.315 e. The van der Waals surface area contributed by atoms with Crippen molar-refractivity contribution in [2.24, 2.45) is 0 Å². The van der Waals surface area contributed by atoms with E-state index in [2.05, 4.69) is 16.6 Å². The molecule has 0 aliphatic rings. The van der Waals surface area contributed by atoms with Gasteiger partial charge in [-0.05, 0) is 19.8 Å². The van der Waals surface area contributed by atoms with E-state index >= 15 is 0 Å². The van der Waals surface area contributed by atoms with E-state index in [1.807, 2.05) is 6.92 Å². The van der Waals surface area contributed by atoms with E-state index in [1.54, 1.807) is 6.92 Å². The van der Waals surface area contributed by atoms with E-state index in [-0.39, 0.29) is 24.5 Å². The normalized spacial score (nSPS) is 13.2. The average molecular weight is 240 g/mol. The minimum absolute atomic E-state index is 0.0355. The van der Waals surface area contributed by atoms with Crippen molar-refractivity contribution in [2.75, 3.05) is 0 Å². The van der Waals surface area contributed by atoms with E-state index < -0.39 is 5.97 Å². The number of rotatable bonds is 7. The molecule has 17 heavy (non-hydrogen) atoms. The van der Waals surface area contributed by atoms with E-state index in [4.69, 9.17) is 11.5 Å². The molecule has 0 heterocycles. The molecule has 0 aliphatic carbocycles. The summed E-state index contributed by atoms with van der Waals surface area (Å²) in [5.41, 5.74) is 0. The van der Waals surface area contributed by atoms with Crippen LogP contribution in [0.3, 0.4) is 0 Å². The van der Waals surface area contributed by atoms with Crippen molar-refractivity contribution in [3.8, 4) is 12.3 Å². The smallest absolute Gasteiger partial charge is 0.315 e. The van der Waals surface area contributed by atoms with Crippen molar-refractivity contribution in [1.82, 2.24) is 10.6 Å². The molecule has 2 amide bonds. The highest BCUT2D eigenvalue weighted by Crippen LogP contribution is 1.98. The molecular weight excluding hydrogens is 220 g/mol. The Morgan fingerprint density at radius 1 is 1.41 bits per heavy atom. The van der Waals surface area contributed by atoms with Gasteiger partial charge in [-0.2, -0.15) is 0 Å². The van der Waals surface area contributed by atoms with Gasteiger partial charge in [-0.3, -0.25) is 4.79 Å². The molecular formula is C12H20N2O3. The van der Waals surface area contributed by atoms with Crippen LogP contribution in [0.25, 0.3) is 0 Å². The number of carboxylic acids is 1. The Hall–Kier alpha value is -1.70. The summed E-state index contributed by atoms with van der Waals surface area (Å²) in [6, 6.07) is -0.508. The maximum atomic E-state index is 11.5. The lowest BCUT2D eigenvalue weighted by Crippen LogP contribution is -2.45. The summed E-state index contributed by atoms with van der Waals surface area (Å²) in [4.78, 5) is 21.9. The van der Waals surface area contributed by atoms with Crippen LogP contribution in [-0.4, -0.2) is 29.2 Å². The predicted molar refractivity (Wildman–Crippen MR) is 65.5 cm³/mol. The zero-order chi connectivity index (χ0) is 13.3. The summed E-state index contributed by atoms with van der Waals surface area (Å²) in [5.74, 6) is 1.63. The number of carboxylic acid groups (broad SMARTS) is 1. The number of terminal acetylenes is 1. The fourth-order valence-corrected chi connectivity index (χ4v) is 1.30. The first-order chi connectivity index (χ1) is 7.99. The van der Waals surface area contributed by atoms with Crippen LogP contribution in [0.15, 0.2) is 0 Å². The predicted octanol–water partition coefficient (Wildman–Crippen LogP) is 1.34. The van der Waals surface area contributed by atoms with Crippen LogP contribution in [-0.2, 0) is 4.79 Å². The topological polar surface area (TPSA) is 78.4 Å². The Balaban J connectivity index is 3.91. The van der Waals surface area contributed by atoms with Crippen LogP contribution in [0.4, 0.5) is 4.79 Å². The summed E-state index contributed by atoms with van der Waals surface area (Å²) < 4.78 is 0. The second kappa shape index (κ2) is 8.45. The van der Waals surface area contributed by atoms with Crippen LogP contribution in [0.1, 0.15) is 39.5 Å². The molecule has 0 spiro atoms. The number of hydrogen-bond acceptors (Lipinski definition) is 2. The molecule has 0 saturated heterocycles. The second-order valence-electron chi connectivity index (χ2n) is 3.96. The lowest BCUT2D eigenvalue weighted by molar-refractivity contribution is -0.137. The fourth-order valence-electron chi connectivity index (χ4n) is 1.30. The van der Waals surface area contributed by atoms with Crippen LogP contribution < -0.4 is 10.6 Å². The van der Waals surface area contributed by atoms with Gasteiger partial charge in [0.1, 0.15) is 0 Å². The van der Waals surface area contributed by atoms with Gasteiger partial charge in [-0.1, -0.05) is 6.92 Å². The summed E-state index contributed by atoms with van der Waals surface area (Å²) in [6.45, 7) is 3.71. The van der Waals surface area contributed by atoms with E-state index in [0.29, 0.717) is 12.8 Å².